The van der Waals surface area contributed by atoms with Gasteiger partial charge >= 0.3 is 0 Å². The molecule has 1 aliphatic rings. The maximum Gasteiger partial charge on any atom is 0.265 e. The third kappa shape index (κ3) is 3.64. The van der Waals surface area contributed by atoms with Crippen LogP contribution >= 0.6 is 0 Å². The Balaban J connectivity index is 1.65. The van der Waals surface area contributed by atoms with Gasteiger partial charge in [0, 0.05) is 18.7 Å². The van der Waals surface area contributed by atoms with E-state index >= 15 is 0 Å². The van der Waals surface area contributed by atoms with Crippen molar-refractivity contribution in [2.45, 2.75) is 16.2 Å². The van der Waals surface area contributed by atoms with Gasteiger partial charge in [-0.2, -0.15) is 4.31 Å². The summed E-state index contributed by atoms with van der Waals surface area (Å²) in [5.41, 5.74) is 0.219. The highest BCUT2D eigenvalue weighted by Gasteiger charge is 2.30. The van der Waals surface area contributed by atoms with E-state index in [0.717, 1.165) is 17.9 Å². The molecule has 0 atom stereocenters. The molecule has 0 aromatic heterocycles. The Kier molecular flexibility index (Phi) is 4.89. The number of hydrogen-bond acceptors (Lipinski definition) is 5. The smallest absolute Gasteiger partial charge is 0.265 e. The monoisotopic (exact) mass is 430 g/mol. The summed E-state index contributed by atoms with van der Waals surface area (Å²) in [6.45, 7) is 0.828. The molecule has 0 radical (unpaired) electrons. The Bertz CT molecular complexity index is 1310. The molecule has 9 heteroatoms. The zero-order chi connectivity index (χ0) is 20.6. The fourth-order valence-corrected chi connectivity index (χ4v) is 5.79. The van der Waals surface area contributed by atoms with Gasteiger partial charge in [0.05, 0.1) is 9.79 Å². The van der Waals surface area contributed by atoms with Gasteiger partial charge in [-0.1, -0.05) is 42.5 Å². The third-order valence-electron chi connectivity index (χ3n) is 4.83. The highest BCUT2D eigenvalue weighted by atomic mass is 32.2. The van der Waals surface area contributed by atoms with Crippen LogP contribution in [0.25, 0.3) is 10.8 Å². The van der Waals surface area contributed by atoms with Gasteiger partial charge in [-0.25, -0.2) is 21.6 Å². The van der Waals surface area contributed by atoms with E-state index in [1.165, 1.54) is 28.6 Å². The summed E-state index contributed by atoms with van der Waals surface area (Å²) >= 11 is 0. The number of carbonyl (C=O) groups excluding carboxylic acids is 1. The van der Waals surface area contributed by atoms with Crippen molar-refractivity contribution in [2.24, 2.45) is 0 Å². The molecular weight excluding hydrogens is 412 g/mol. The summed E-state index contributed by atoms with van der Waals surface area (Å²) in [6, 6.07) is 17.2. The second-order valence-electron chi connectivity index (χ2n) is 6.69. The van der Waals surface area contributed by atoms with E-state index in [9.17, 15) is 21.6 Å². The molecule has 0 spiro atoms. The lowest BCUT2D eigenvalue weighted by molar-refractivity contribution is 0.0983. The Morgan fingerprint density at radius 1 is 0.828 bits per heavy atom. The first-order chi connectivity index (χ1) is 13.8. The number of benzene rings is 3. The van der Waals surface area contributed by atoms with Crippen LogP contribution in [0.3, 0.4) is 0 Å². The largest absolute Gasteiger partial charge is 0.268 e. The lowest BCUT2D eigenvalue weighted by Crippen LogP contribution is -2.42. The predicted octanol–water partition coefficient (Wildman–Crippen LogP) is 2.35. The van der Waals surface area contributed by atoms with E-state index in [1.807, 2.05) is 22.9 Å². The van der Waals surface area contributed by atoms with Gasteiger partial charge in [-0.3, -0.25) is 4.79 Å². The molecule has 0 bridgehead atoms. The van der Waals surface area contributed by atoms with E-state index in [-0.39, 0.29) is 15.4 Å². The minimum Gasteiger partial charge on any atom is -0.268 e. The van der Waals surface area contributed by atoms with Gasteiger partial charge in [0.15, 0.2) is 0 Å². The average Bonchev–Trinajstić information content (AvgIpc) is 2.65. The number of carbonyl (C=O) groups is 1. The van der Waals surface area contributed by atoms with Crippen molar-refractivity contribution >= 4 is 36.7 Å². The molecule has 7 nitrogen and oxygen atoms in total. The molecule has 1 aliphatic heterocycles. The molecule has 4 rings (SSSR count). The van der Waals surface area contributed by atoms with Crippen LogP contribution in [-0.4, -0.2) is 40.1 Å². The number of fused-ring (bicyclic) bond motifs is 1. The number of sulfonamides is 2. The molecule has 0 unspecified atom stereocenters. The SMILES string of the molecule is O=C(NS(=O)(=O)c1cccc(S(=O)(=O)N2CCC2)c1)c1cccc2ccccc12. The minimum absolute atomic E-state index is 0.113. The summed E-state index contributed by atoms with van der Waals surface area (Å²) in [6.07, 6.45) is 0.776. The zero-order valence-corrected chi connectivity index (χ0v) is 16.9. The highest BCUT2D eigenvalue weighted by Crippen LogP contribution is 2.24. The fraction of sp³-hybridized carbons (Fsp3) is 0.150. The van der Waals surface area contributed by atoms with Crippen molar-refractivity contribution in [1.82, 2.24) is 9.03 Å². The van der Waals surface area contributed by atoms with E-state index < -0.39 is 26.0 Å². The second-order valence-corrected chi connectivity index (χ2v) is 10.3. The number of nitrogens with zero attached hydrogens (tertiary/aromatic N) is 1. The Labute approximate surface area is 169 Å². The molecule has 0 aliphatic carbocycles. The maximum absolute atomic E-state index is 12.7. The van der Waals surface area contributed by atoms with Crippen LogP contribution in [0.1, 0.15) is 16.8 Å². The first kappa shape index (κ1) is 19.6. The maximum atomic E-state index is 12.7. The molecular formula is C20H18N2O5S2. The molecule has 150 valence electrons. The van der Waals surface area contributed by atoms with Gasteiger partial charge in [-0.05, 0) is 41.5 Å². The van der Waals surface area contributed by atoms with Gasteiger partial charge in [-0.15, -0.1) is 0 Å². The van der Waals surface area contributed by atoms with Crippen molar-refractivity contribution in [1.29, 1.82) is 0 Å². The van der Waals surface area contributed by atoms with E-state index in [0.29, 0.717) is 18.5 Å². The molecule has 29 heavy (non-hydrogen) atoms. The predicted molar refractivity (Wildman–Crippen MR) is 108 cm³/mol. The standard InChI is InChI=1S/C20H18N2O5S2/c23-20(19-11-3-7-15-6-1-2-10-18(15)19)21-28(24,25)16-8-4-9-17(14-16)29(26,27)22-12-5-13-22/h1-4,6-11,14H,5,12-13H2,(H,21,23). The van der Waals surface area contributed by atoms with Crippen molar-refractivity contribution in [3.05, 3.63) is 72.3 Å². The van der Waals surface area contributed by atoms with Crippen molar-refractivity contribution < 1.29 is 21.6 Å². The molecule has 3 aromatic rings. The normalized spacial score (nSPS) is 15.0. The van der Waals surface area contributed by atoms with Crippen LogP contribution in [0.15, 0.2) is 76.5 Å². The zero-order valence-electron chi connectivity index (χ0n) is 15.3. The third-order valence-corrected chi connectivity index (χ3v) is 8.05. The lowest BCUT2D eigenvalue weighted by Gasteiger charge is -2.29. The topological polar surface area (TPSA) is 101 Å². The number of rotatable bonds is 5. The van der Waals surface area contributed by atoms with Crippen molar-refractivity contribution in [3.8, 4) is 0 Å². The van der Waals surface area contributed by atoms with Gasteiger partial charge in [0.25, 0.3) is 15.9 Å². The Morgan fingerprint density at radius 3 is 2.21 bits per heavy atom. The van der Waals surface area contributed by atoms with Crippen LogP contribution in [0.4, 0.5) is 0 Å². The van der Waals surface area contributed by atoms with E-state index in [1.54, 1.807) is 18.2 Å². The summed E-state index contributed by atoms with van der Waals surface area (Å²) in [5, 5.41) is 1.43. The summed E-state index contributed by atoms with van der Waals surface area (Å²) in [7, 11) is -7.99. The molecule has 1 heterocycles. The summed E-state index contributed by atoms with van der Waals surface area (Å²) < 4.78 is 53.9. The first-order valence-corrected chi connectivity index (χ1v) is 11.9. The lowest BCUT2D eigenvalue weighted by atomic mass is 10.0. The van der Waals surface area contributed by atoms with Crippen LogP contribution in [0, 0.1) is 0 Å². The Morgan fingerprint density at radius 2 is 1.48 bits per heavy atom. The number of hydrogen-bond donors (Lipinski definition) is 1. The van der Waals surface area contributed by atoms with Crippen molar-refractivity contribution in [3.63, 3.8) is 0 Å². The number of nitrogens with one attached hydrogen (secondary N) is 1. The minimum atomic E-state index is -4.26. The molecule has 1 N–H and O–H groups in total. The molecule has 3 aromatic carbocycles. The molecule has 1 amide bonds. The highest BCUT2D eigenvalue weighted by molar-refractivity contribution is 7.90. The van der Waals surface area contributed by atoms with E-state index in [2.05, 4.69) is 0 Å². The Hall–Kier alpha value is -2.75. The average molecular weight is 431 g/mol. The molecule has 1 fully saturated rings. The van der Waals surface area contributed by atoms with Crippen molar-refractivity contribution in [2.75, 3.05) is 13.1 Å². The van der Waals surface area contributed by atoms with Gasteiger partial charge < -0.3 is 0 Å². The van der Waals surface area contributed by atoms with E-state index in [4.69, 9.17) is 0 Å². The molecule has 0 saturated carbocycles. The van der Waals surface area contributed by atoms with Gasteiger partial charge in [0.2, 0.25) is 10.0 Å². The van der Waals surface area contributed by atoms with Crippen LogP contribution in [0.2, 0.25) is 0 Å². The summed E-state index contributed by atoms with van der Waals surface area (Å²) in [5.74, 6) is -0.780. The van der Waals surface area contributed by atoms with Gasteiger partial charge in [0.1, 0.15) is 0 Å². The van der Waals surface area contributed by atoms with Crippen LogP contribution < -0.4 is 4.72 Å². The van der Waals surface area contributed by atoms with Crippen LogP contribution in [-0.2, 0) is 20.0 Å². The fourth-order valence-electron chi connectivity index (χ4n) is 3.14. The summed E-state index contributed by atoms with van der Waals surface area (Å²) in [4.78, 5) is 12.3. The number of amides is 1. The quantitative estimate of drug-likeness (QED) is 0.670. The van der Waals surface area contributed by atoms with Crippen LogP contribution in [0.5, 0.6) is 0 Å². The first-order valence-electron chi connectivity index (χ1n) is 8.94. The second kappa shape index (κ2) is 7.25. The molecule has 1 saturated heterocycles.